The number of fused-ring (bicyclic) bond motifs is 1. The number of carboxylic acid groups (broad SMARTS) is 1. The van der Waals surface area contributed by atoms with Crippen LogP contribution in [0.5, 0.6) is 17.2 Å². The molecule has 4 aromatic carbocycles. The number of unbranched alkanes of at least 4 members (excludes halogenated alkanes) is 1. The Balaban J connectivity index is 1.39. The zero-order valence-corrected chi connectivity index (χ0v) is 62.2. The number of H-pyrrole nitrogens is 1. The van der Waals surface area contributed by atoms with Crippen molar-refractivity contribution >= 4 is 93.8 Å². The lowest BCUT2D eigenvalue weighted by molar-refractivity contribution is -0.142. The molecular weight excluding hydrogens is 1460 g/mol. The van der Waals surface area contributed by atoms with Crippen molar-refractivity contribution in [3.05, 3.63) is 126 Å². The number of aromatic hydroxyl groups is 3. The van der Waals surface area contributed by atoms with Crippen molar-refractivity contribution in [1.29, 1.82) is 10.8 Å². The molecule has 1 heterocycles. The van der Waals surface area contributed by atoms with Gasteiger partial charge in [0.25, 0.3) is 0 Å². The predicted molar refractivity (Wildman–Crippen MR) is 407 cm³/mol. The monoisotopic (exact) mass is 1560 g/mol. The number of aromatic nitrogens is 1. The Morgan fingerprint density at radius 2 is 0.723 bits per heavy atom. The summed E-state index contributed by atoms with van der Waals surface area (Å²) in [5.74, 6) is -14.6. The van der Waals surface area contributed by atoms with Gasteiger partial charge in [-0.25, -0.2) is 4.79 Å². The highest BCUT2D eigenvalue weighted by molar-refractivity contribution is 6.00. The number of amides is 11. The van der Waals surface area contributed by atoms with Crippen molar-refractivity contribution in [3.8, 4) is 17.2 Å². The van der Waals surface area contributed by atoms with E-state index in [1.165, 1.54) is 79.7 Å². The number of carbonyl (C=O) groups excluding carboxylic acids is 11. The van der Waals surface area contributed by atoms with Crippen molar-refractivity contribution < 1.29 is 93.3 Å². The summed E-state index contributed by atoms with van der Waals surface area (Å²) < 4.78 is 0. The van der Waals surface area contributed by atoms with Crippen LogP contribution in [0.15, 0.2) is 103 Å². The molecule has 39 nitrogen and oxygen atoms in total. The quantitative estimate of drug-likeness (QED) is 0.00982. The Kier molecular flexibility index (Phi) is 36.9. The van der Waals surface area contributed by atoms with E-state index >= 15 is 0 Å². The van der Waals surface area contributed by atoms with Gasteiger partial charge >= 0.3 is 5.97 Å². The molecule has 0 aliphatic rings. The fourth-order valence-corrected chi connectivity index (χ4v) is 11.4. The zero-order chi connectivity index (χ0) is 82.7. The molecule has 610 valence electrons. The number of carbonyl (C=O) groups is 12. The van der Waals surface area contributed by atoms with Crippen LogP contribution in [0.1, 0.15) is 88.0 Å². The van der Waals surface area contributed by atoms with Gasteiger partial charge in [-0.15, -0.1) is 0 Å². The third kappa shape index (κ3) is 30.0. The van der Waals surface area contributed by atoms with Crippen LogP contribution in [-0.4, -0.2) is 236 Å². The van der Waals surface area contributed by atoms with Crippen LogP contribution >= 0.6 is 0 Å². The second kappa shape index (κ2) is 45.7. The van der Waals surface area contributed by atoms with E-state index in [2.05, 4.69) is 74.1 Å². The van der Waals surface area contributed by atoms with E-state index in [0.29, 0.717) is 33.2 Å². The average Bonchev–Trinajstić information content (AvgIpc) is 1.63. The minimum absolute atomic E-state index is 0.00496. The molecule has 12 atom stereocenters. The van der Waals surface area contributed by atoms with Crippen molar-refractivity contribution in [2.24, 2.45) is 28.9 Å². The second-order valence-electron chi connectivity index (χ2n) is 26.9. The third-order valence-electron chi connectivity index (χ3n) is 17.7. The first-order valence-corrected chi connectivity index (χ1v) is 36.1. The molecule has 0 spiro atoms. The first kappa shape index (κ1) is 90.4. The van der Waals surface area contributed by atoms with Crippen LogP contribution in [0.3, 0.4) is 0 Å². The van der Waals surface area contributed by atoms with Crippen LogP contribution in [0.2, 0.25) is 0 Å². The zero-order valence-electron chi connectivity index (χ0n) is 62.2. The fraction of sp³-hybridized carbons (Fsp3) is 0.452. The van der Waals surface area contributed by atoms with Gasteiger partial charge in [0.1, 0.15) is 83.7 Å². The number of hydrogen-bond donors (Lipinski definition) is 27. The summed E-state index contributed by atoms with van der Waals surface area (Å²) >= 11 is 0. The number of para-hydroxylation sites is 1. The number of aliphatic carboxylic acids is 1. The number of hydrogen-bond acceptors (Lipinski definition) is 22. The van der Waals surface area contributed by atoms with Gasteiger partial charge < -0.3 is 133 Å². The van der Waals surface area contributed by atoms with Crippen LogP contribution < -0.4 is 92.1 Å². The number of carboxylic acids is 1. The summed E-state index contributed by atoms with van der Waals surface area (Å²) in [5, 5.41) is 120. The predicted octanol–water partition coefficient (Wildman–Crippen LogP) is -5.39. The highest BCUT2D eigenvalue weighted by Gasteiger charge is 2.38. The molecule has 1 aromatic heterocycles. The van der Waals surface area contributed by atoms with Crippen LogP contribution in [-0.2, 0) is 83.2 Å². The molecule has 0 aliphatic carbocycles. The Morgan fingerprint density at radius 3 is 1.08 bits per heavy atom. The lowest BCUT2D eigenvalue weighted by atomic mass is 9.99. The summed E-state index contributed by atoms with van der Waals surface area (Å²) in [7, 11) is 0. The second-order valence-corrected chi connectivity index (χ2v) is 26.9. The van der Waals surface area contributed by atoms with E-state index in [-0.39, 0.29) is 101 Å². The number of rotatable bonds is 47. The first-order valence-electron chi connectivity index (χ1n) is 36.1. The summed E-state index contributed by atoms with van der Waals surface area (Å²) in [4.78, 5) is 172. The number of nitrogens with two attached hydrogens (primary N) is 4. The van der Waals surface area contributed by atoms with E-state index in [1.54, 1.807) is 44.3 Å². The smallest absolute Gasteiger partial charge is 0.326 e. The highest BCUT2D eigenvalue weighted by Crippen LogP contribution is 2.21. The molecule has 0 fully saturated rings. The number of aliphatic hydroxyl groups is 3. The lowest BCUT2D eigenvalue weighted by Gasteiger charge is -2.28. The van der Waals surface area contributed by atoms with Gasteiger partial charge in [0.05, 0.1) is 25.9 Å². The van der Waals surface area contributed by atoms with Crippen molar-refractivity contribution in [2.75, 3.05) is 39.5 Å². The molecule has 31 N–H and O–H groups in total. The Bertz CT molecular complexity index is 4020. The molecule has 0 radical (unpaired) electrons. The summed E-state index contributed by atoms with van der Waals surface area (Å²) in [5.41, 5.74) is 24.8. The standard InChI is InChI=1S/C73H104N20O19/c1-38(2)59(93-60(100)39(3)75)70(110)88-53(31-41-17-23-45(98)24-18-41)65(105)87-54(33-43-34-82-48-11-5-4-10-47(43)48)66(106)91-58(37-96)69(109)92-57(36-95)68(108)86-52(30-40-15-21-44(97)22-16-40)64(104)84-49(12-6-7-27-74)61(101)83-51(14-9-29-81-73(78)79)63(103)90-56(35-94)67(107)85-50(13-8-28-80-72(76)77)62(102)89-55(71(111)112)32-42-19-25-46(99)26-20-42/h4-5,10-11,15-26,34,38-39,49-59,82,94-99H,6-9,12-14,27-33,35-37,74-75H2,1-3H3,(H,83,101)(H,84,104)(H,85,107)(H,86,108)(H,87,105)(H,88,110)(H,89,102)(H,90,103)(H,91,106)(H,92,109)(H,93,100)(H,111,112)(H4,76,77,80)(H4,78,79,81). The number of benzene rings is 4. The normalized spacial score (nSPS) is 14.3. The minimum atomic E-state index is -1.97. The van der Waals surface area contributed by atoms with Crippen molar-refractivity contribution in [2.45, 2.75) is 164 Å². The van der Waals surface area contributed by atoms with Gasteiger partial charge in [-0.2, -0.15) is 0 Å². The SMILES string of the molecule is CC(N)C(=O)NC(C(=O)NC(Cc1ccc(O)cc1)C(=O)NC(Cc1c[nH]c2ccccc12)C(=O)NC(CO)C(=O)NC(CO)C(=O)NC(Cc1ccc(O)cc1)C(=O)NC(CCCCN)C(=O)NC(CCCNC(=N)N)C(=O)NC(CO)C(=O)NC(CCCNC(=N)N)C(=O)NC(Cc1ccc(O)cc1)C(=O)O)C(C)C. The molecule has 11 amide bonds. The number of guanidine groups is 2. The molecule has 12 unspecified atom stereocenters. The highest BCUT2D eigenvalue weighted by atomic mass is 16.4. The van der Waals surface area contributed by atoms with E-state index in [0.717, 1.165) is 0 Å². The maximum Gasteiger partial charge on any atom is 0.326 e. The largest absolute Gasteiger partial charge is 0.508 e. The number of aliphatic hydroxyl groups excluding tert-OH is 3. The molecule has 5 rings (SSSR count). The van der Waals surface area contributed by atoms with Crippen LogP contribution in [0.4, 0.5) is 0 Å². The number of phenols is 3. The molecule has 0 bridgehead atoms. The minimum Gasteiger partial charge on any atom is -0.508 e. The third-order valence-corrected chi connectivity index (χ3v) is 17.7. The number of phenolic OH excluding ortho intramolecular Hbond substituents is 3. The number of aromatic amines is 1. The van der Waals surface area contributed by atoms with Crippen molar-refractivity contribution in [1.82, 2.24) is 74.1 Å². The van der Waals surface area contributed by atoms with E-state index in [1.807, 2.05) is 0 Å². The molecule has 0 aliphatic heterocycles. The maximum atomic E-state index is 14.8. The lowest BCUT2D eigenvalue weighted by Crippen LogP contribution is -2.62. The van der Waals surface area contributed by atoms with Gasteiger partial charge in [0.15, 0.2) is 11.9 Å². The molecule has 112 heavy (non-hydrogen) atoms. The summed E-state index contributed by atoms with van der Waals surface area (Å²) in [6.07, 6.45) is 0.235. The molecule has 0 saturated heterocycles. The van der Waals surface area contributed by atoms with Gasteiger partial charge in [0.2, 0.25) is 65.0 Å². The van der Waals surface area contributed by atoms with Gasteiger partial charge in [-0.1, -0.05) is 68.4 Å². The fourth-order valence-electron chi connectivity index (χ4n) is 11.4. The maximum absolute atomic E-state index is 14.8. The van der Waals surface area contributed by atoms with Crippen LogP contribution in [0, 0.1) is 16.7 Å². The van der Waals surface area contributed by atoms with Gasteiger partial charge in [-0.05, 0) is 129 Å². The average molecular weight is 1570 g/mol. The van der Waals surface area contributed by atoms with E-state index < -0.39 is 188 Å². The van der Waals surface area contributed by atoms with Crippen LogP contribution in [0.25, 0.3) is 10.9 Å². The van der Waals surface area contributed by atoms with Gasteiger partial charge in [0, 0.05) is 55.9 Å². The Morgan fingerprint density at radius 1 is 0.402 bits per heavy atom. The first-order chi connectivity index (χ1) is 53.2. The summed E-state index contributed by atoms with van der Waals surface area (Å²) in [6, 6.07) is 4.34. The van der Waals surface area contributed by atoms with E-state index in [4.69, 9.17) is 33.8 Å². The Labute approximate surface area is 644 Å². The number of nitrogens with one attached hydrogen (secondary N) is 16. The van der Waals surface area contributed by atoms with Crippen molar-refractivity contribution in [3.63, 3.8) is 0 Å². The van der Waals surface area contributed by atoms with E-state index in [9.17, 15) is 93.3 Å². The van der Waals surface area contributed by atoms with Gasteiger partial charge in [-0.3, -0.25) is 63.6 Å². The summed E-state index contributed by atoms with van der Waals surface area (Å²) in [6.45, 7) is 1.33. The molecule has 39 heteroatoms. The topological polar surface area (TPSA) is 670 Å². The molecular formula is C73H104N20O19. The molecule has 0 saturated carbocycles. The molecule has 5 aromatic rings. The Hall–Kier alpha value is -12.2.